The summed E-state index contributed by atoms with van der Waals surface area (Å²) in [5.74, 6) is -0.152. The van der Waals surface area contributed by atoms with Gasteiger partial charge in [0.25, 0.3) is 5.91 Å². The molecule has 2 aromatic heterocycles. The predicted molar refractivity (Wildman–Crippen MR) is 81.6 cm³/mol. The van der Waals surface area contributed by atoms with Crippen molar-refractivity contribution in [3.05, 3.63) is 47.3 Å². The number of nitrogens with two attached hydrogens (primary N) is 1. The van der Waals surface area contributed by atoms with Gasteiger partial charge in [0.1, 0.15) is 0 Å². The van der Waals surface area contributed by atoms with Crippen LogP contribution < -0.4 is 11.2 Å². The van der Waals surface area contributed by atoms with E-state index >= 15 is 0 Å². The number of aromatic nitrogens is 2. The monoisotopic (exact) mass is 286 g/mol. The van der Waals surface area contributed by atoms with E-state index in [0.29, 0.717) is 10.7 Å². The van der Waals surface area contributed by atoms with Gasteiger partial charge in [-0.3, -0.25) is 14.9 Å². The zero-order valence-corrected chi connectivity index (χ0v) is 12.0. The number of carbonyl (C=O) groups is 1. The van der Waals surface area contributed by atoms with E-state index in [1.165, 1.54) is 11.3 Å². The topological polar surface area (TPSA) is 72.9 Å². The first-order valence-corrected chi connectivity index (χ1v) is 6.98. The third kappa shape index (κ3) is 2.14. The van der Waals surface area contributed by atoms with E-state index in [-0.39, 0.29) is 5.91 Å². The molecule has 5 nitrogen and oxygen atoms in total. The first-order valence-electron chi connectivity index (χ1n) is 6.17. The number of anilines is 1. The number of nitrogens with one attached hydrogen (secondary N) is 1. The molecule has 1 aromatic carbocycles. The van der Waals surface area contributed by atoms with Gasteiger partial charge in [-0.1, -0.05) is 11.3 Å². The third-order valence-corrected chi connectivity index (χ3v) is 4.00. The van der Waals surface area contributed by atoms with Gasteiger partial charge in [0.2, 0.25) is 0 Å². The predicted octanol–water partition coefficient (Wildman–Crippen LogP) is 2.68. The van der Waals surface area contributed by atoms with Gasteiger partial charge in [-0.2, -0.15) is 0 Å². The standard InChI is InChI=1S/C14H14N4OS/c1-8-3-4-9(2)18(8)17-13(19)10-5-6-11-12(7-10)20-14(15)16-11/h3-7H,1-2H3,(H2,15,16)(H,17,19). The van der Waals surface area contributed by atoms with Crippen LogP contribution in [-0.2, 0) is 0 Å². The normalized spacial score (nSPS) is 10.9. The van der Waals surface area contributed by atoms with E-state index in [9.17, 15) is 4.79 Å². The van der Waals surface area contributed by atoms with Crippen LogP contribution in [0.3, 0.4) is 0 Å². The van der Waals surface area contributed by atoms with Crippen LogP contribution in [0.4, 0.5) is 5.13 Å². The summed E-state index contributed by atoms with van der Waals surface area (Å²) in [6.07, 6.45) is 0. The van der Waals surface area contributed by atoms with Gasteiger partial charge in [0.05, 0.1) is 10.2 Å². The Hall–Kier alpha value is -2.34. The summed E-state index contributed by atoms with van der Waals surface area (Å²) in [5, 5.41) is 0.509. The molecule has 3 aromatic rings. The van der Waals surface area contributed by atoms with Crippen molar-refractivity contribution in [2.75, 3.05) is 11.2 Å². The second kappa shape index (κ2) is 4.64. The lowest BCUT2D eigenvalue weighted by Gasteiger charge is -2.11. The molecule has 0 aliphatic rings. The molecule has 102 valence electrons. The lowest BCUT2D eigenvalue weighted by atomic mass is 10.2. The molecule has 0 fully saturated rings. The van der Waals surface area contributed by atoms with Crippen LogP contribution in [0, 0.1) is 13.8 Å². The SMILES string of the molecule is Cc1ccc(C)n1NC(=O)c1ccc2nc(N)sc2c1. The molecule has 0 saturated carbocycles. The van der Waals surface area contributed by atoms with E-state index in [2.05, 4.69) is 10.4 Å². The van der Waals surface area contributed by atoms with Crippen molar-refractivity contribution in [1.29, 1.82) is 0 Å². The van der Waals surface area contributed by atoms with Crippen LogP contribution in [0.2, 0.25) is 0 Å². The lowest BCUT2D eigenvalue weighted by molar-refractivity contribution is 0.101. The lowest BCUT2D eigenvalue weighted by Crippen LogP contribution is -2.24. The fourth-order valence-corrected chi connectivity index (χ4v) is 2.87. The minimum atomic E-state index is -0.152. The van der Waals surface area contributed by atoms with Gasteiger partial charge in [-0.15, -0.1) is 0 Å². The van der Waals surface area contributed by atoms with E-state index < -0.39 is 0 Å². The zero-order chi connectivity index (χ0) is 14.3. The largest absolute Gasteiger partial charge is 0.375 e. The number of thiazole rings is 1. The highest BCUT2D eigenvalue weighted by Gasteiger charge is 2.10. The average molecular weight is 286 g/mol. The Morgan fingerprint density at radius 3 is 2.65 bits per heavy atom. The smallest absolute Gasteiger partial charge is 0.270 e. The molecule has 6 heteroatoms. The Morgan fingerprint density at radius 1 is 1.25 bits per heavy atom. The van der Waals surface area contributed by atoms with E-state index in [4.69, 9.17) is 5.73 Å². The number of hydrogen-bond donors (Lipinski definition) is 2. The summed E-state index contributed by atoms with van der Waals surface area (Å²) in [7, 11) is 0. The number of fused-ring (bicyclic) bond motifs is 1. The highest BCUT2D eigenvalue weighted by molar-refractivity contribution is 7.22. The zero-order valence-electron chi connectivity index (χ0n) is 11.2. The average Bonchev–Trinajstić information content (AvgIpc) is 2.93. The molecule has 3 N–H and O–H groups in total. The molecule has 20 heavy (non-hydrogen) atoms. The Balaban J connectivity index is 1.92. The van der Waals surface area contributed by atoms with Crippen molar-refractivity contribution in [2.24, 2.45) is 0 Å². The van der Waals surface area contributed by atoms with Crippen molar-refractivity contribution >= 4 is 32.6 Å². The van der Waals surface area contributed by atoms with Gasteiger partial charge < -0.3 is 5.73 Å². The summed E-state index contributed by atoms with van der Waals surface area (Å²) in [6.45, 7) is 3.89. The molecule has 1 amide bonds. The van der Waals surface area contributed by atoms with Crippen LogP contribution in [0.25, 0.3) is 10.2 Å². The second-order valence-corrected chi connectivity index (χ2v) is 5.69. The third-order valence-electron chi connectivity index (χ3n) is 3.15. The number of hydrogen-bond acceptors (Lipinski definition) is 4. The van der Waals surface area contributed by atoms with Crippen LogP contribution in [-0.4, -0.2) is 15.6 Å². The molecule has 0 radical (unpaired) electrons. The maximum atomic E-state index is 12.3. The molecule has 0 aliphatic carbocycles. The Labute approximate surface area is 120 Å². The number of nitrogen functional groups attached to an aromatic ring is 1. The van der Waals surface area contributed by atoms with E-state index in [1.807, 2.05) is 38.1 Å². The molecular weight excluding hydrogens is 272 g/mol. The Kier molecular flexibility index (Phi) is 2.94. The van der Waals surface area contributed by atoms with Gasteiger partial charge in [0, 0.05) is 17.0 Å². The highest BCUT2D eigenvalue weighted by Crippen LogP contribution is 2.24. The van der Waals surface area contributed by atoms with Gasteiger partial charge >= 0.3 is 0 Å². The molecule has 0 aliphatic heterocycles. The Bertz CT molecular complexity index is 783. The molecule has 0 bridgehead atoms. The van der Waals surface area contributed by atoms with Gasteiger partial charge in [0.15, 0.2) is 5.13 Å². The number of nitrogens with zero attached hydrogens (tertiary/aromatic N) is 2. The molecule has 0 saturated heterocycles. The van der Waals surface area contributed by atoms with Crippen molar-refractivity contribution < 1.29 is 4.79 Å². The van der Waals surface area contributed by atoms with Crippen molar-refractivity contribution in [3.8, 4) is 0 Å². The number of amides is 1. The summed E-state index contributed by atoms with van der Waals surface area (Å²) >= 11 is 1.38. The minimum absolute atomic E-state index is 0.152. The molecule has 3 rings (SSSR count). The summed E-state index contributed by atoms with van der Waals surface area (Å²) in [6, 6.07) is 9.30. The van der Waals surface area contributed by atoms with Crippen LogP contribution >= 0.6 is 11.3 Å². The van der Waals surface area contributed by atoms with E-state index in [1.54, 1.807) is 10.7 Å². The minimum Gasteiger partial charge on any atom is -0.375 e. The molecule has 0 unspecified atom stereocenters. The van der Waals surface area contributed by atoms with Gasteiger partial charge in [-0.25, -0.2) is 4.98 Å². The molecular formula is C14H14N4OS. The van der Waals surface area contributed by atoms with Crippen LogP contribution in [0.5, 0.6) is 0 Å². The van der Waals surface area contributed by atoms with Crippen molar-refractivity contribution in [2.45, 2.75) is 13.8 Å². The highest BCUT2D eigenvalue weighted by atomic mass is 32.1. The van der Waals surface area contributed by atoms with Crippen molar-refractivity contribution in [3.63, 3.8) is 0 Å². The second-order valence-electron chi connectivity index (χ2n) is 4.63. The summed E-state index contributed by atoms with van der Waals surface area (Å²) in [5.41, 5.74) is 11.9. The maximum Gasteiger partial charge on any atom is 0.270 e. The molecule has 2 heterocycles. The first kappa shape index (κ1) is 12.7. The molecule has 0 atom stereocenters. The van der Waals surface area contributed by atoms with Crippen LogP contribution in [0.15, 0.2) is 30.3 Å². The number of benzene rings is 1. The van der Waals surface area contributed by atoms with E-state index in [0.717, 1.165) is 21.6 Å². The Morgan fingerprint density at radius 2 is 1.95 bits per heavy atom. The first-order chi connectivity index (χ1) is 9.54. The van der Waals surface area contributed by atoms with Crippen LogP contribution in [0.1, 0.15) is 21.7 Å². The fraction of sp³-hybridized carbons (Fsp3) is 0.143. The fourth-order valence-electron chi connectivity index (χ4n) is 2.09. The number of carbonyl (C=O) groups excluding carboxylic acids is 1. The summed E-state index contributed by atoms with van der Waals surface area (Å²) < 4.78 is 2.68. The quantitative estimate of drug-likeness (QED) is 0.760. The summed E-state index contributed by atoms with van der Waals surface area (Å²) in [4.78, 5) is 16.5. The number of aryl methyl sites for hydroxylation is 2. The number of rotatable bonds is 2. The maximum absolute atomic E-state index is 12.3. The van der Waals surface area contributed by atoms with Gasteiger partial charge in [-0.05, 0) is 44.2 Å². The molecule has 0 spiro atoms. The van der Waals surface area contributed by atoms with Crippen molar-refractivity contribution in [1.82, 2.24) is 9.66 Å².